The summed E-state index contributed by atoms with van der Waals surface area (Å²) in [5, 5.41) is 4.71. The third kappa shape index (κ3) is 4.61. The van der Waals surface area contributed by atoms with Crippen molar-refractivity contribution in [1.82, 2.24) is 9.97 Å². The lowest BCUT2D eigenvalue weighted by molar-refractivity contribution is -0.113. The number of nitrogens with zero attached hydrogens (tertiary/aromatic N) is 3. The van der Waals surface area contributed by atoms with Gasteiger partial charge >= 0.3 is 0 Å². The molecule has 2 aliphatic heterocycles. The van der Waals surface area contributed by atoms with Crippen LogP contribution in [0.15, 0.2) is 71.8 Å². The van der Waals surface area contributed by atoms with Gasteiger partial charge in [0.25, 0.3) is 0 Å². The van der Waals surface area contributed by atoms with E-state index in [-0.39, 0.29) is 11.7 Å². The Bertz CT molecular complexity index is 1410. The molecular weight excluding hydrogens is 460 g/mol. The first-order valence-electron chi connectivity index (χ1n) is 11.6. The van der Waals surface area contributed by atoms with E-state index in [0.29, 0.717) is 36.3 Å². The standard InChI is InChI=1S/C27H24N4O3S/c32-25(28-20-9-10-23-24(15-20)34-14-13-33-23)17-35-26-21-7-3-4-8-22(21)29-27(30-26)31-12-11-18-5-1-2-6-19(18)16-31/h1-10,15H,11-14,16-17H2,(H,28,32). The zero-order valence-electron chi connectivity index (χ0n) is 19.1. The molecule has 0 saturated heterocycles. The number of amides is 1. The molecule has 1 aromatic heterocycles. The molecule has 0 bridgehead atoms. The Balaban J connectivity index is 1.20. The predicted octanol–water partition coefficient (Wildman–Crippen LogP) is 4.69. The maximum atomic E-state index is 12.8. The Hall–Kier alpha value is -3.78. The molecule has 8 heteroatoms. The van der Waals surface area contributed by atoms with Gasteiger partial charge in [-0.05, 0) is 35.7 Å². The minimum atomic E-state index is -0.108. The third-order valence-electron chi connectivity index (χ3n) is 6.14. The predicted molar refractivity (Wildman–Crippen MR) is 138 cm³/mol. The van der Waals surface area contributed by atoms with E-state index in [0.717, 1.165) is 35.4 Å². The van der Waals surface area contributed by atoms with E-state index in [4.69, 9.17) is 19.4 Å². The summed E-state index contributed by atoms with van der Waals surface area (Å²) < 4.78 is 11.2. The SMILES string of the molecule is O=C(CSc1nc(N2CCc3ccccc3C2)nc2ccccc12)Nc1ccc2c(c1)OCCO2. The first-order valence-corrected chi connectivity index (χ1v) is 12.6. The number of anilines is 2. The first-order chi connectivity index (χ1) is 17.2. The molecule has 0 atom stereocenters. The van der Waals surface area contributed by atoms with Crippen LogP contribution in [0.25, 0.3) is 10.9 Å². The molecule has 0 saturated carbocycles. The second kappa shape index (κ2) is 9.46. The number of rotatable bonds is 5. The maximum absolute atomic E-state index is 12.8. The number of nitrogens with one attached hydrogen (secondary N) is 1. The van der Waals surface area contributed by atoms with Gasteiger partial charge in [0.15, 0.2) is 11.5 Å². The molecule has 0 spiro atoms. The molecule has 7 nitrogen and oxygen atoms in total. The summed E-state index contributed by atoms with van der Waals surface area (Å²) in [6.45, 7) is 2.69. The Labute approximate surface area is 207 Å². The van der Waals surface area contributed by atoms with Crippen molar-refractivity contribution < 1.29 is 14.3 Å². The van der Waals surface area contributed by atoms with E-state index >= 15 is 0 Å². The zero-order chi connectivity index (χ0) is 23.6. The molecule has 0 unspecified atom stereocenters. The number of thioether (sulfide) groups is 1. The van der Waals surface area contributed by atoms with Gasteiger partial charge in [-0.2, -0.15) is 0 Å². The van der Waals surface area contributed by atoms with Crippen molar-refractivity contribution in [2.24, 2.45) is 0 Å². The van der Waals surface area contributed by atoms with Crippen molar-refractivity contribution in [3.63, 3.8) is 0 Å². The highest BCUT2D eigenvalue weighted by Gasteiger charge is 2.20. The minimum absolute atomic E-state index is 0.108. The average molecular weight is 485 g/mol. The summed E-state index contributed by atoms with van der Waals surface area (Å²) >= 11 is 1.42. The van der Waals surface area contributed by atoms with Gasteiger partial charge in [-0.3, -0.25) is 4.79 Å². The number of aromatic nitrogens is 2. The van der Waals surface area contributed by atoms with Gasteiger partial charge < -0.3 is 19.7 Å². The van der Waals surface area contributed by atoms with E-state index in [2.05, 4.69) is 34.5 Å². The maximum Gasteiger partial charge on any atom is 0.234 e. The summed E-state index contributed by atoms with van der Waals surface area (Å²) in [5.41, 5.74) is 4.25. The minimum Gasteiger partial charge on any atom is -0.486 e. The van der Waals surface area contributed by atoms with Crippen LogP contribution in [0.1, 0.15) is 11.1 Å². The second-order valence-electron chi connectivity index (χ2n) is 8.48. The fourth-order valence-corrected chi connectivity index (χ4v) is 5.22. The van der Waals surface area contributed by atoms with Crippen LogP contribution in [-0.4, -0.2) is 41.4 Å². The molecule has 0 radical (unpaired) electrons. The topological polar surface area (TPSA) is 76.6 Å². The van der Waals surface area contributed by atoms with Crippen molar-refractivity contribution in [2.45, 2.75) is 18.0 Å². The number of carbonyl (C=O) groups is 1. The number of ether oxygens (including phenoxy) is 2. The van der Waals surface area contributed by atoms with Crippen molar-refractivity contribution in [3.8, 4) is 11.5 Å². The molecule has 0 aliphatic carbocycles. The Morgan fingerprint density at radius 2 is 1.74 bits per heavy atom. The van der Waals surface area contributed by atoms with Crippen molar-refractivity contribution >= 4 is 40.2 Å². The lowest BCUT2D eigenvalue weighted by Crippen LogP contribution is -2.31. The number of para-hydroxylation sites is 1. The largest absolute Gasteiger partial charge is 0.486 e. The van der Waals surface area contributed by atoms with Gasteiger partial charge in [0.05, 0.1) is 11.3 Å². The van der Waals surface area contributed by atoms with Crippen LogP contribution in [-0.2, 0) is 17.8 Å². The molecular formula is C27H24N4O3S. The Kier molecular flexibility index (Phi) is 5.88. The van der Waals surface area contributed by atoms with E-state index < -0.39 is 0 Å². The second-order valence-corrected chi connectivity index (χ2v) is 9.45. The molecule has 3 aromatic carbocycles. The fraction of sp³-hybridized carbons (Fsp3) is 0.222. The van der Waals surface area contributed by atoms with Crippen LogP contribution in [0.3, 0.4) is 0 Å². The normalized spacial score (nSPS) is 14.5. The van der Waals surface area contributed by atoms with E-state index in [9.17, 15) is 4.79 Å². The number of carbonyl (C=O) groups excluding carboxylic acids is 1. The van der Waals surface area contributed by atoms with Gasteiger partial charge in [-0.15, -0.1) is 0 Å². The quantitative estimate of drug-likeness (QED) is 0.325. The highest BCUT2D eigenvalue weighted by Crippen LogP contribution is 2.33. The lowest BCUT2D eigenvalue weighted by atomic mass is 10.0. The Morgan fingerprint density at radius 1 is 0.943 bits per heavy atom. The van der Waals surface area contributed by atoms with E-state index in [1.807, 2.05) is 36.4 Å². The van der Waals surface area contributed by atoms with Gasteiger partial charge in [0.2, 0.25) is 11.9 Å². The third-order valence-corrected chi connectivity index (χ3v) is 7.13. The van der Waals surface area contributed by atoms with Crippen LogP contribution in [0.4, 0.5) is 11.6 Å². The fourth-order valence-electron chi connectivity index (χ4n) is 4.41. The van der Waals surface area contributed by atoms with Gasteiger partial charge in [-0.1, -0.05) is 54.2 Å². The molecule has 6 rings (SSSR count). The van der Waals surface area contributed by atoms with E-state index in [1.54, 1.807) is 6.07 Å². The van der Waals surface area contributed by atoms with Gasteiger partial charge in [0, 0.05) is 30.2 Å². The smallest absolute Gasteiger partial charge is 0.234 e. The van der Waals surface area contributed by atoms with Crippen molar-refractivity contribution in [2.75, 3.05) is 35.7 Å². The van der Waals surface area contributed by atoms with E-state index in [1.165, 1.54) is 22.9 Å². The molecule has 4 aromatic rings. The number of fused-ring (bicyclic) bond motifs is 3. The van der Waals surface area contributed by atoms with Crippen molar-refractivity contribution in [1.29, 1.82) is 0 Å². The summed E-state index contributed by atoms with van der Waals surface area (Å²) in [5.74, 6) is 2.17. The van der Waals surface area contributed by atoms with Gasteiger partial charge in [-0.25, -0.2) is 9.97 Å². The monoisotopic (exact) mass is 484 g/mol. The Morgan fingerprint density at radius 3 is 2.66 bits per heavy atom. The van der Waals surface area contributed by atoms with Crippen LogP contribution in [0.5, 0.6) is 11.5 Å². The average Bonchev–Trinajstić information content (AvgIpc) is 2.91. The van der Waals surface area contributed by atoms with Gasteiger partial charge in [0.1, 0.15) is 18.2 Å². The summed E-state index contributed by atoms with van der Waals surface area (Å²) in [7, 11) is 0. The molecule has 35 heavy (non-hydrogen) atoms. The summed E-state index contributed by atoms with van der Waals surface area (Å²) in [6, 6.07) is 21.9. The van der Waals surface area contributed by atoms with Crippen LogP contribution in [0, 0.1) is 0 Å². The summed E-state index contributed by atoms with van der Waals surface area (Å²) in [4.78, 5) is 24.7. The first kappa shape index (κ1) is 21.7. The lowest BCUT2D eigenvalue weighted by Gasteiger charge is -2.29. The number of benzene rings is 3. The molecule has 3 heterocycles. The molecule has 176 valence electrons. The zero-order valence-corrected chi connectivity index (χ0v) is 19.9. The molecule has 1 N–H and O–H groups in total. The summed E-state index contributed by atoms with van der Waals surface area (Å²) in [6.07, 6.45) is 0.965. The molecule has 2 aliphatic rings. The number of hydrogen-bond donors (Lipinski definition) is 1. The number of hydrogen-bond acceptors (Lipinski definition) is 7. The molecule has 1 amide bonds. The molecule has 0 fully saturated rings. The highest BCUT2D eigenvalue weighted by atomic mass is 32.2. The van der Waals surface area contributed by atoms with Crippen LogP contribution < -0.4 is 19.7 Å². The van der Waals surface area contributed by atoms with Crippen molar-refractivity contribution in [3.05, 3.63) is 77.9 Å². The van der Waals surface area contributed by atoms with Crippen LogP contribution >= 0.6 is 11.8 Å². The van der Waals surface area contributed by atoms with Crippen LogP contribution in [0.2, 0.25) is 0 Å². The highest BCUT2D eigenvalue weighted by molar-refractivity contribution is 8.00.